The van der Waals surface area contributed by atoms with E-state index in [9.17, 15) is 9.59 Å². The van der Waals surface area contributed by atoms with E-state index in [0.29, 0.717) is 33.8 Å². The smallest absolute Gasteiger partial charge is 0.294 e. The summed E-state index contributed by atoms with van der Waals surface area (Å²) in [6, 6.07) is 8.75. The molecule has 8 heteroatoms. The summed E-state index contributed by atoms with van der Waals surface area (Å²) in [5.74, 6) is 0.445. The van der Waals surface area contributed by atoms with Gasteiger partial charge in [0, 0.05) is 0 Å². The van der Waals surface area contributed by atoms with Crippen LogP contribution in [0, 0.1) is 0 Å². The van der Waals surface area contributed by atoms with Crippen molar-refractivity contribution in [2.24, 2.45) is 0 Å². The number of amides is 2. The highest BCUT2D eigenvalue weighted by molar-refractivity contribution is 8.26. The third kappa shape index (κ3) is 3.06. The molecule has 2 aliphatic rings. The number of anilines is 1. The van der Waals surface area contributed by atoms with Gasteiger partial charge in [0.1, 0.15) is 16.7 Å². The average molecular weight is 372 g/mol. The Bertz CT molecular complexity index is 905. The minimum atomic E-state index is -0.228. The first-order valence-corrected chi connectivity index (χ1v) is 8.71. The van der Waals surface area contributed by atoms with Gasteiger partial charge in [-0.2, -0.15) is 0 Å². The monoisotopic (exact) mass is 372 g/mol. The van der Waals surface area contributed by atoms with Gasteiger partial charge in [-0.15, -0.1) is 0 Å². The van der Waals surface area contributed by atoms with Gasteiger partial charge >= 0.3 is 0 Å². The molecule has 0 atom stereocenters. The topological polar surface area (TPSA) is 71.8 Å². The van der Waals surface area contributed by atoms with Crippen LogP contribution in [0.4, 0.5) is 5.69 Å². The molecule has 1 aromatic carbocycles. The first-order valence-electron chi connectivity index (χ1n) is 7.49. The number of carbonyl (C=O) groups is 2. The van der Waals surface area contributed by atoms with Crippen LogP contribution in [0.5, 0.6) is 5.75 Å². The lowest BCUT2D eigenvalue weighted by Gasteiger charge is -2.29. The summed E-state index contributed by atoms with van der Waals surface area (Å²) in [5, 5.41) is 2.58. The summed E-state index contributed by atoms with van der Waals surface area (Å²) in [7, 11) is 0. The van der Waals surface area contributed by atoms with E-state index in [-0.39, 0.29) is 17.6 Å². The predicted molar refractivity (Wildman–Crippen MR) is 98.6 cm³/mol. The fraction of sp³-hybridized carbons (Fsp3) is 0.118. The Labute approximate surface area is 152 Å². The quantitative estimate of drug-likeness (QED) is 0.646. The molecule has 25 heavy (non-hydrogen) atoms. The highest BCUT2D eigenvalue weighted by atomic mass is 32.2. The minimum absolute atomic E-state index is 0.215. The van der Waals surface area contributed by atoms with Crippen LogP contribution in [-0.4, -0.2) is 29.3 Å². The Morgan fingerprint density at radius 3 is 2.96 bits per heavy atom. The van der Waals surface area contributed by atoms with Gasteiger partial charge in [-0.05, 0) is 35.9 Å². The number of furan rings is 1. The molecule has 2 aromatic rings. The fourth-order valence-corrected chi connectivity index (χ4v) is 3.69. The minimum Gasteiger partial charge on any atom is -0.490 e. The van der Waals surface area contributed by atoms with Crippen LogP contribution in [-0.2, 0) is 4.79 Å². The molecule has 4 rings (SSSR count). The van der Waals surface area contributed by atoms with Gasteiger partial charge in [-0.25, -0.2) is 0 Å². The molecule has 0 bridgehead atoms. The maximum absolute atomic E-state index is 12.7. The SMILES string of the molecule is O=C1NC(=S)S/C1=C\c1ccc2c(c1)N(C(=O)c1ccco1)CCO2. The lowest BCUT2D eigenvalue weighted by Crippen LogP contribution is -2.37. The first-order chi connectivity index (χ1) is 12.1. The van der Waals surface area contributed by atoms with Crippen molar-refractivity contribution in [1.82, 2.24) is 5.32 Å². The van der Waals surface area contributed by atoms with Crippen molar-refractivity contribution >= 4 is 51.9 Å². The zero-order chi connectivity index (χ0) is 17.4. The number of carbonyl (C=O) groups excluding carboxylic acids is 2. The van der Waals surface area contributed by atoms with E-state index in [2.05, 4.69) is 5.32 Å². The fourth-order valence-electron chi connectivity index (χ4n) is 2.64. The summed E-state index contributed by atoms with van der Waals surface area (Å²) in [6.07, 6.45) is 3.21. The number of thioether (sulfide) groups is 1. The van der Waals surface area contributed by atoms with Gasteiger partial charge in [0.2, 0.25) is 0 Å². The van der Waals surface area contributed by atoms with Gasteiger partial charge in [-0.1, -0.05) is 30.0 Å². The van der Waals surface area contributed by atoms with E-state index < -0.39 is 0 Å². The largest absolute Gasteiger partial charge is 0.490 e. The molecule has 0 unspecified atom stereocenters. The molecule has 2 amide bonds. The molecule has 1 N–H and O–H groups in total. The number of nitrogens with zero attached hydrogens (tertiary/aromatic N) is 1. The second-order valence-corrected chi connectivity index (χ2v) is 7.08. The van der Waals surface area contributed by atoms with Gasteiger partial charge < -0.3 is 14.5 Å². The second kappa shape index (κ2) is 6.38. The average Bonchev–Trinajstić information content (AvgIpc) is 3.24. The van der Waals surface area contributed by atoms with E-state index >= 15 is 0 Å². The summed E-state index contributed by atoms with van der Waals surface area (Å²) < 4.78 is 11.3. The normalized spacial score (nSPS) is 18.1. The number of benzene rings is 1. The van der Waals surface area contributed by atoms with Crippen LogP contribution in [0.15, 0.2) is 45.9 Å². The van der Waals surface area contributed by atoms with Crippen molar-refractivity contribution in [3.05, 3.63) is 52.8 Å². The van der Waals surface area contributed by atoms with Crippen molar-refractivity contribution in [2.75, 3.05) is 18.1 Å². The predicted octanol–water partition coefficient (Wildman–Crippen LogP) is 2.81. The molecule has 1 fully saturated rings. The Morgan fingerprint density at radius 1 is 1.36 bits per heavy atom. The third-order valence-electron chi connectivity index (χ3n) is 3.76. The van der Waals surface area contributed by atoms with Gasteiger partial charge in [0.25, 0.3) is 11.8 Å². The maximum atomic E-state index is 12.7. The summed E-state index contributed by atoms with van der Waals surface area (Å²) in [6.45, 7) is 0.832. The lowest BCUT2D eigenvalue weighted by molar-refractivity contribution is -0.115. The number of hydrogen-bond donors (Lipinski definition) is 1. The van der Waals surface area contributed by atoms with Crippen molar-refractivity contribution in [3.63, 3.8) is 0 Å². The third-order valence-corrected chi connectivity index (χ3v) is 4.93. The van der Waals surface area contributed by atoms with Crippen LogP contribution in [0.1, 0.15) is 16.1 Å². The van der Waals surface area contributed by atoms with E-state index in [4.69, 9.17) is 21.4 Å². The number of fused-ring (bicyclic) bond motifs is 1. The Hall–Kier alpha value is -2.58. The molecule has 6 nitrogen and oxygen atoms in total. The van der Waals surface area contributed by atoms with Gasteiger partial charge in [0.15, 0.2) is 5.76 Å². The zero-order valence-electron chi connectivity index (χ0n) is 12.9. The van der Waals surface area contributed by atoms with E-state index in [0.717, 1.165) is 5.56 Å². The second-order valence-electron chi connectivity index (χ2n) is 5.36. The van der Waals surface area contributed by atoms with Crippen LogP contribution in [0.3, 0.4) is 0 Å². The standard InChI is InChI=1S/C17H12N2O4S2/c20-15-14(25-17(24)18-15)9-10-3-4-12-11(8-10)19(5-7-23-12)16(21)13-2-1-6-22-13/h1-4,6,8-9H,5,7H2,(H,18,20,24)/b14-9-. The first kappa shape index (κ1) is 15.9. The maximum Gasteiger partial charge on any atom is 0.294 e. The van der Waals surface area contributed by atoms with Crippen molar-refractivity contribution in [1.29, 1.82) is 0 Å². The number of thiocarbonyl (C=S) groups is 1. The molecule has 0 saturated carbocycles. The number of hydrogen-bond acceptors (Lipinski definition) is 6. The molecular weight excluding hydrogens is 360 g/mol. The van der Waals surface area contributed by atoms with Crippen LogP contribution >= 0.6 is 24.0 Å². The molecule has 3 heterocycles. The summed E-state index contributed by atoms with van der Waals surface area (Å²) >= 11 is 6.21. The number of rotatable bonds is 2. The summed E-state index contributed by atoms with van der Waals surface area (Å²) in [5.41, 5.74) is 1.43. The Balaban J connectivity index is 1.69. The molecule has 126 valence electrons. The Kier molecular flexibility index (Phi) is 4.06. The van der Waals surface area contributed by atoms with E-state index in [1.807, 2.05) is 12.1 Å². The lowest BCUT2D eigenvalue weighted by atomic mass is 10.1. The molecule has 1 saturated heterocycles. The molecule has 0 aliphatic carbocycles. The highest BCUT2D eigenvalue weighted by Gasteiger charge is 2.27. The van der Waals surface area contributed by atoms with Gasteiger partial charge in [0.05, 0.1) is 23.4 Å². The molecular formula is C17H12N2O4S2. The van der Waals surface area contributed by atoms with Crippen molar-refractivity contribution in [3.8, 4) is 5.75 Å². The molecule has 2 aliphatic heterocycles. The molecule has 0 radical (unpaired) electrons. The van der Waals surface area contributed by atoms with Crippen LogP contribution < -0.4 is 15.0 Å². The van der Waals surface area contributed by atoms with Crippen molar-refractivity contribution in [2.45, 2.75) is 0 Å². The summed E-state index contributed by atoms with van der Waals surface area (Å²) in [4.78, 5) is 26.6. The van der Waals surface area contributed by atoms with Crippen LogP contribution in [0.2, 0.25) is 0 Å². The van der Waals surface area contributed by atoms with Gasteiger partial charge in [-0.3, -0.25) is 14.5 Å². The number of ether oxygens (including phenoxy) is 1. The molecule has 0 spiro atoms. The van der Waals surface area contributed by atoms with Crippen molar-refractivity contribution < 1.29 is 18.7 Å². The molecule has 1 aromatic heterocycles. The van der Waals surface area contributed by atoms with E-state index in [1.54, 1.807) is 29.2 Å². The number of nitrogens with one attached hydrogen (secondary N) is 1. The van der Waals surface area contributed by atoms with E-state index in [1.165, 1.54) is 18.0 Å². The highest BCUT2D eigenvalue weighted by Crippen LogP contribution is 2.35. The zero-order valence-corrected chi connectivity index (χ0v) is 14.5. The van der Waals surface area contributed by atoms with Crippen LogP contribution in [0.25, 0.3) is 6.08 Å². The Morgan fingerprint density at radius 2 is 2.24 bits per heavy atom.